The zero-order valence-electron chi connectivity index (χ0n) is 9.90. The second-order valence-corrected chi connectivity index (χ2v) is 8.16. The third-order valence-electron chi connectivity index (χ3n) is 2.46. The summed E-state index contributed by atoms with van der Waals surface area (Å²) in [5.41, 5.74) is 6.35. The lowest BCUT2D eigenvalue weighted by Crippen LogP contribution is -2.15. The number of halogens is 3. The van der Waals surface area contributed by atoms with Crippen LogP contribution in [0.1, 0.15) is 0 Å². The Bertz CT molecular complexity index is 743. The molecule has 106 valence electrons. The van der Waals surface area contributed by atoms with E-state index in [1.165, 1.54) is 12.1 Å². The topological polar surface area (TPSA) is 72.2 Å². The Balaban J connectivity index is 2.49. The smallest absolute Gasteiger partial charge is 0.264 e. The quantitative estimate of drug-likeness (QED) is 0.636. The molecule has 20 heavy (non-hydrogen) atoms. The predicted octanol–water partition coefficient (Wildman–Crippen LogP) is 4.36. The van der Waals surface area contributed by atoms with E-state index in [4.69, 9.17) is 5.73 Å². The molecule has 0 aliphatic rings. The molecule has 0 radical (unpaired) electrons. The summed E-state index contributed by atoms with van der Waals surface area (Å²) in [6.45, 7) is 0. The molecule has 0 aliphatic heterocycles. The standard InChI is InChI=1S/C12H9Br3N2O2S/c13-7-4-5-10(16)11(6-7)20(18,19)17-12-8(14)2-1-3-9(12)15/h1-6,17H,16H2. The number of hydrogen-bond donors (Lipinski definition) is 2. The molecule has 0 saturated carbocycles. The molecule has 2 aromatic carbocycles. The molecule has 3 N–H and O–H groups in total. The van der Waals surface area contributed by atoms with Gasteiger partial charge in [-0.3, -0.25) is 4.72 Å². The molecule has 8 heteroatoms. The van der Waals surface area contributed by atoms with Crippen LogP contribution in [0.4, 0.5) is 11.4 Å². The highest BCUT2D eigenvalue weighted by molar-refractivity contribution is 9.11. The van der Waals surface area contributed by atoms with Crippen molar-refractivity contribution in [3.8, 4) is 0 Å². The van der Waals surface area contributed by atoms with Gasteiger partial charge in [0.05, 0.1) is 11.4 Å². The maximum absolute atomic E-state index is 12.4. The third kappa shape index (κ3) is 3.36. The Hall–Kier alpha value is -0.570. The summed E-state index contributed by atoms with van der Waals surface area (Å²) in [6.07, 6.45) is 0. The molecule has 0 amide bonds. The Morgan fingerprint density at radius 2 is 1.60 bits per heavy atom. The largest absolute Gasteiger partial charge is 0.398 e. The lowest BCUT2D eigenvalue weighted by atomic mass is 10.3. The van der Waals surface area contributed by atoms with E-state index in [1.54, 1.807) is 24.3 Å². The molecule has 4 nitrogen and oxygen atoms in total. The lowest BCUT2D eigenvalue weighted by Gasteiger charge is -2.13. The number of nitrogens with one attached hydrogen (secondary N) is 1. The highest BCUT2D eigenvalue weighted by atomic mass is 79.9. The van der Waals surface area contributed by atoms with Gasteiger partial charge in [0.2, 0.25) is 0 Å². The predicted molar refractivity (Wildman–Crippen MR) is 91.2 cm³/mol. The monoisotopic (exact) mass is 482 g/mol. The van der Waals surface area contributed by atoms with E-state index < -0.39 is 10.0 Å². The molecule has 0 heterocycles. The fourth-order valence-corrected chi connectivity index (χ4v) is 4.76. The molecule has 0 aromatic heterocycles. The Kier molecular flexibility index (Phi) is 4.78. The fraction of sp³-hybridized carbons (Fsp3) is 0. The van der Waals surface area contributed by atoms with E-state index in [-0.39, 0.29) is 10.6 Å². The Morgan fingerprint density at radius 3 is 2.20 bits per heavy atom. The van der Waals surface area contributed by atoms with Crippen LogP contribution in [0.3, 0.4) is 0 Å². The summed E-state index contributed by atoms with van der Waals surface area (Å²) in [5.74, 6) is 0. The summed E-state index contributed by atoms with van der Waals surface area (Å²) >= 11 is 9.85. The number of sulfonamides is 1. The van der Waals surface area contributed by atoms with Crippen LogP contribution in [-0.4, -0.2) is 8.42 Å². The molecular weight excluding hydrogens is 476 g/mol. The van der Waals surface area contributed by atoms with Crippen molar-refractivity contribution in [1.29, 1.82) is 0 Å². The van der Waals surface area contributed by atoms with Crippen molar-refractivity contribution in [2.24, 2.45) is 0 Å². The Labute approximate surface area is 142 Å². The maximum Gasteiger partial charge on any atom is 0.264 e. The summed E-state index contributed by atoms with van der Waals surface area (Å²) in [6, 6.07) is 9.96. The normalized spacial score (nSPS) is 11.3. The van der Waals surface area contributed by atoms with Crippen molar-refractivity contribution in [1.82, 2.24) is 0 Å². The van der Waals surface area contributed by atoms with E-state index in [1.807, 2.05) is 0 Å². The van der Waals surface area contributed by atoms with Gasteiger partial charge in [-0.25, -0.2) is 8.42 Å². The lowest BCUT2D eigenvalue weighted by molar-refractivity contribution is 0.601. The number of para-hydroxylation sites is 1. The zero-order chi connectivity index (χ0) is 14.9. The first-order valence-electron chi connectivity index (χ1n) is 5.33. The Morgan fingerprint density at radius 1 is 1.00 bits per heavy atom. The minimum Gasteiger partial charge on any atom is -0.398 e. The highest BCUT2D eigenvalue weighted by Crippen LogP contribution is 2.33. The number of nitrogens with two attached hydrogens (primary N) is 1. The van der Waals surface area contributed by atoms with Gasteiger partial charge in [-0.1, -0.05) is 22.0 Å². The second kappa shape index (κ2) is 6.05. The number of nitrogen functional groups attached to an aromatic ring is 1. The number of rotatable bonds is 3. The van der Waals surface area contributed by atoms with Gasteiger partial charge in [0.15, 0.2) is 0 Å². The first-order chi connectivity index (χ1) is 9.31. The van der Waals surface area contributed by atoms with Crippen LogP contribution >= 0.6 is 47.8 Å². The fourth-order valence-electron chi connectivity index (χ4n) is 1.53. The van der Waals surface area contributed by atoms with Gasteiger partial charge in [-0.2, -0.15) is 0 Å². The first-order valence-corrected chi connectivity index (χ1v) is 9.19. The van der Waals surface area contributed by atoms with Crippen LogP contribution < -0.4 is 10.5 Å². The average Bonchev–Trinajstić information content (AvgIpc) is 2.37. The molecule has 0 aliphatic carbocycles. The molecule has 2 rings (SSSR count). The van der Waals surface area contributed by atoms with Crippen molar-refractivity contribution >= 4 is 69.2 Å². The number of benzene rings is 2. The van der Waals surface area contributed by atoms with E-state index in [2.05, 4.69) is 52.5 Å². The molecule has 0 fully saturated rings. The van der Waals surface area contributed by atoms with Gasteiger partial charge >= 0.3 is 0 Å². The maximum atomic E-state index is 12.4. The van der Waals surface area contributed by atoms with E-state index in [0.29, 0.717) is 19.1 Å². The summed E-state index contributed by atoms with van der Waals surface area (Å²) < 4.78 is 29.3. The first kappa shape index (κ1) is 15.8. The van der Waals surface area contributed by atoms with Gasteiger partial charge in [-0.15, -0.1) is 0 Å². The van der Waals surface area contributed by atoms with Gasteiger partial charge in [-0.05, 0) is 62.2 Å². The van der Waals surface area contributed by atoms with Crippen LogP contribution in [-0.2, 0) is 10.0 Å². The van der Waals surface area contributed by atoms with Gasteiger partial charge in [0, 0.05) is 13.4 Å². The zero-order valence-corrected chi connectivity index (χ0v) is 15.5. The third-order valence-corrected chi connectivity index (χ3v) is 5.68. The SMILES string of the molecule is Nc1ccc(Br)cc1S(=O)(=O)Nc1c(Br)cccc1Br. The van der Waals surface area contributed by atoms with Gasteiger partial charge in [0.1, 0.15) is 4.90 Å². The molecule has 0 saturated heterocycles. The molecular formula is C12H9Br3N2O2S. The number of hydrogen-bond acceptors (Lipinski definition) is 3. The average molecular weight is 485 g/mol. The van der Waals surface area contributed by atoms with Crippen LogP contribution in [0.15, 0.2) is 54.7 Å². The molecule has 0 atom stereocenters. The van der Waals surface area contributed by atoms with Crippen molar-refractivity contribution in [2.45, 2.75) is 4.90 Å². The van der Waals surface area contributed by atoms with Gasteiger partial charge in [0.25, 0.3) is 10.0 Å². The minimum atomic E-state index is -3.78. The highest BCUT2D eigenvalue weighted by Gasteiger charge is 2.20. The van der Waals surface area contributed by atoms with E-state index in [9.17, 15) is 8.42 Å². The minimum absolute atomic E-state index is 0.0227. The van der Waals surface area contributed by atoms with Crippen molar-refractivity contribution in [3.05, 3.63) is 49.8 Å². The van der Waals surface area contributed by atoms with Crippen molar-refractivity contribution in [2.75, 3.05) is 10.5 Å². The number of anilines is 2. The van der Waals surface area contributed by atoms with Crippen LogP contribution in [0, 0.1) is 0 Å². The van der Waals surface area contributed by atoms with Crippen LogP contribution in [0.5, 0.6) is 0 Å². The summed E-state index contributed by atoms with van der Waals surface area (Å²) in [5, 5.41) is 0. The second-order valence-electron chi connectivity index (χ2n) is 3.88. The molecule has 2 aromatic rings. The molecule has 0 bridgehead atoms. The molecule has 0 unspecified atom stereocenters. The van der Waals surface area contributed by atoms with Crippen LogP contribution in [0.2, 0.25) is 0 Å². The van der Waals surface area contributed by atoms with E-state index in [0.717, 1.165) is 0 Å². The van der Waals surface area contributed by atoms with Gasteiger partial charge < -0.3 is 5.73 Å². The molecule has 0 spiro atoms. The summed E-state index contributed by atoms with van der Waals surface area (Å²) in [7, 11) is -3.78. The van der Waals surface area contributed by atoms with Crippen LogP contribution in [0.25, 0.3) is 0 Å². The van der Waals surface area contributed by atoms with Crippen molar-refractivity contribution < 1.29 is 8.42 Å². The summed E-state index contributed by atoms with van der Waals surface area (Å²) in [4.78, 5) is 0.0227. The van der Waals surface area contributed by atoms with Crippen molar-refractivity contribution in [3.63, 3.8) is 0 Å². The van der Waals surface area contributed by atoms with E-state index >= 15 is 0 Å².